The SMILES string of the molecule is CCCn1c(=O)c2[nH]c(-c3cnn(Cc4cccc(C(F)(F)F)c4)c3)cc2n(CCC)c1=O. The highest BCUT2D eigenvalue weighted by Gasteiger charge is 2.30. The molecule has 4 rings (SSSR count). The average molecular weight is 459 g/mol. The van der Waals surface area contributed by atoms with Crippen LogP contribution in [0.25, 0.3) is 22.3 Å². The molecule has 0 fully saturated rings. The Labute approximate surface area is 187 Å². The van der Waals surface area contributed by atoms with E-state index in [2.05, 4.69) is 10.1 Å². The summed E-state index contributed by atoms with van der Waals surface area (Å²) in [6, 6.07) is 6.86. The molecule has 1 N–H and O–H groups in total. The molecule has 0 aliphatic carbocycles. The molecule has 1 aromatic carbocycles. The van der Waals surface area contributed by atoms with Crippen molar-refractivity contribution in [1.82, 2.24) is 23.9 Å². The molecule has 0 atom stereocenters. The molecule has 33 heavy (non-hydrogen) atoms. The van der Waals surface area contributed by atoms with E-state index in [1.54, 1.807) is 29.1 Å². The molecule has 0 unspecified atom stereocenters. The monoisotopic (exact) mass is 459 g/mol. The highest BCUT2D eigenvalue weighted by atomic mass is 19.4. The van der Waals surface area contributed by atoms with Crippen LogP contribution in [0.5, 0.6) is 0 Å². The zero-order chi connectivity index (χ0) is 23.8. The van der Waals surface area contributed by atoms with E-state index in [1.165, 1.54) is 15.3 Å². The Morgan fingerprint density at radius 3 is 2.45 bits per heavy atom. The summed E-state index contributed by atoms with van der Waals surface area (Å²) in [7, 11) is 0. The fraction of sp³-hybridized carbons (Fsp3) is 0.348. The molecule has 0 saturated heterocycles. The van der Waals surface area contributed by atoms with Gasteiger partial charge in [-0.05, 0) is 36.6 Å². The lowest BCUT2D eigenvalue weighted by molar-refractivity contribution is -0.137. The van der Waals surface area contributed by atoms with E-state index in [-0.39, 0.29) is 17.8 Å². The van der Waals surface area contributed by atoms with Crippen molar-refractivity contribution in [1.29, 1.82) is 0 Å². The van der Waals surface area contributed by atoms with Gasteiger partial charge in [0.2, 0.25) is 0 Å². The first-order valence-electron chi connectivity index (χ1n) is 10.8. The quantitative estimate of drug-likeness (QED) is 0.449. The minimum absolute atomic E-state index is 0.161. The first kappa shape index (κ1) is 22.6. The summed E-state index contributed by atoms with van der Waals surface area (Å²) < 4.78 is 43.3. The number of hydrogen-bond donors (Lipinski definition) is 1. The Hall–Kier alpha value is -3.56. The summed E-state index contributed by atoms with van der Waals surface area (Å²) in [6.07, 6.45) is 0.245. The molecule has 0 radical (unpaired) electrons. The summed E-state index contributed by atoms with van der Waals surface area (Å²) in [4.78, 5) is 28.9. The molecule has 10 heteroatoms. The number of halogens is 3. The number of hydrogen-bond acceptors (Lipinski definition) is 3. The fourth-order valence-electron chi connectivity index (χ4n) is 3.93. The van der Waals surface area contributed by atoms with Gasteiger partial charge < -0.3 is 4.98 Å². The highest BCUT2D eigenvalue weighted by molar-refractivity contribution is 5.82. The molecule has 174 valence electrons. The lowest BCUT2D eigenvalue weighted by atomic mass is 10.1. The van der Waals surface area contributed by atoms with Crippen LogP contribution in [0, 0.1) is 0 Å². The minimum atomic E-state index is -4.41. The van der Waals surface area contributed by atoms with Gasteiger partial charge in [-0.1, -0.05) is 26.0 Å². The zero-order valence-electron chi connectivity index (χ0n) is 18.3. The van der Waals surface area contributed by atoms with Gasteiger partial charge >= 0.3 is 11.9 Å². The second-order valence-corrected chi connectivity index (χ2v) is 7.96. The smallest absolute Gasteiger partial charge is 0.349 e. The standard InChI is InChI=1S/C23H24F3N5O2/c1-3-8-30-19-11-18(28-20(19)21(32)31(9-4-2)22(30)33)16-12-27-29(14-16)13-15-6-5-7-17(10-15)23(24,25)26/h5-7,10-12,14,28H,3-4,8-9,13H2,1-2H3. The number of alkyl halides is 3. The van der Waals surface area contributed by atoms with Gasteiger partial charge in [0, 0.05) is 24.8 Å². The summed E-state index contributed by atoms with van der Waals surface area (Å²) in [5.41, 5.74) is 1.20. The van der Waals surface area contributed by atoms with Gasteiger partial charge in [0.15, 0.2) is 0 Å². The first-order chi connectivity index (χ1) is 15.7. The summed E-state index contributed by atoms with van der Waals surface area (Å²) in [6.45, 7) is 4.83. The molecule has 0 spiro atoms. The van der Waals surface area contributed by atoms with Crippen molar-refractivity contribution in [2.24, 2.45) is 0 Å². The fourth-order valence-corrected chi connectivity index (χ4v) is 3.93. The van der Waals surface area contributed by atoms with E-state index in [0.717, 1.165) is 18.6 Å². The molecule has 3 aromatic heterocycles. The number of rotatable bonds is 7. The lowest BCUT2D eigenvalue weighted by Gasteiger charge is -2.10. The van der Waals surface area contributed by atoms with Gasteiger partial charge in [-0.15, -0.1) is 0 Å². The first-order valence-corrected chi connectivity index (χ1v) is 10.8. The number of H-pyrrole nitrogens is 1. The zero-order valence-corrected chi connectivity index (χ0v) is 18.3. The number of aromatic amines is 1. The predicted molar refractivity (Wildman–Crippen MR) is 119 cm³/mol. The van der Waals surface area contributed by atoms with E-state index in [1.807, 2.05) is 13.8 Å². The van der Waals surface area contributed by atoms with Crippen molar-refractivity contribution in [2.75, 3.05) is 0 Å². The van der Waals surface area contributed by atoms with Crippen LogP contribution in [0.4, 0.5) is 13.2 Å². The molecular formula is C23H24F3N5O2. The van der Waals surface area contributed by atoms with Crippen LogP contribution in [-0.2, 0) is 25.8 Å². The maximum atomic E-state index is 13.0. The van der Waals surface area contributed by atoms with Crippen LogP contribution in [0.15, 0.2) is 52.3 Å². The molecule has 0 amide bonds. The third kappa shape index (κ3) is 4.37. The summed E-state index contributed by atoms with van der Waals surface area (Å²) in [5, 5.41) is 4.26. The van der Waals surface area contributed by atoms with Crippen molar-refractivity contribution in [3.8, 4) is 11.3 Å². The Balaban J connectivity index is 1.71. The predicted octanol–water partition coefficient (Wildman–Crippen LogP) is 4.24. The maximum absolute atomic E-state index is 13.0. The van der Waals surface area contributed by atoms with Crippen molar-refractivity contribution in [3.05, 3.63) is 74.7 Å². The molecule has 3 heterocycles. The Bertz CT molecular complexity index is 1410. The van der Waals surface area contributed by atoms with Gasteiger partial charge in [-0.25, -0.2) is 4.79 Å². The van der Waals surface area contributed by atoms with Crippen LogP contribution in [0.1, 0.15) is 37.8 Å². The number of nitrogens with zero attached hydrogens (tertiary/aromatic N) is 4. The highest BCUT2D eigenvalue weighted by Crippen LogP contribution is 2.30. The molecule has 0 saturated carbocycles. The van der Waals surface area contributed by atoms with Gasteiger partial charge in [-0.3, -0.25) is 18.6 Å². The number of aromatic nitrogens is 5. The van der Waals surface area contributed by atoms with E-state index in [0.29, 0.717) is 47.4 Å². The third-order valence-electron chi connectivity index (χ3n) is 5.45. The Morgan fingerprint density at radius 2 is 1.76 bits per heavy atom. The summed E-state index contributed by atoms with van der Waals surface area (Å²) >= 11 is 0. The third-order valence-corrected chi connectivity index (χ3v) is 5.45. The van der Waals surface area contributed by atoms with E-state index >= 15 is 0 Å². The number of benzene rings is 1. The van der Waals surface area contributed by atoms with Crippen LogP contribution < -0.4 is 11.2 Å². The lowest BCUT2D eigenvalue weighted by Crippen LogP contribution is -2.39. The average Bonchev–Trinajstić information content (AvgIpc) is 3.41. The Kier molecular flexibility index (Phi) is 6.01. The minimum Gasteiger partial charge on any atom is -0.349 e. The van der Waals surface area contributed by atoms with E-state index < -0.39 is 11.7 Å². The molecule has 7 nitrogen and oxygen atoms in total. The second-order valence-electron chi connectivity index (χ2n) is 7.96. The van der Waals surface area contributed by atoms with Crippen LogP contribution >= 0.6 is 0 Å². The van der Waals surface area contributed by atoms with Gasteiger partial charge in [0.05, 0.1) is 29.5 Å². The largest absolute Gasteiger partial charge is 0.416 e. The topological polar surface area (TPSA) is 77.6 Å². The van der Waals surface area contributed by atoms with Crippen molar-refractivity contribution < 1.29 is 13.2 Å². The Morgan fingerprint density at radius 1 is 1.03 bits per heavy atom. The number of nitrogens with one attached hydrogen (secondary N) is 1. The molecular weight excluding hydrogens is 435 g/mol. The van der Waals surface area contributed by atoms with Crippen molar-refractivity contribution in [2.45, 2.75) is 52.5 Å². The molecule has 0 aliphatic heterocycles. The van der Waals surface area contributed by atoms with E-state index in [4.69, 9.17) is 0 Å². The van der Waals surface area contributed by atoms with Gasteiger partial charge in [0.1, 0.15) is 5.52 Å². The molecule has 0 bridgehead atoms. The van der Waals surface area contributed by atoms with Crippen LogP contribution in [-0.4, -0.2) is 23.9 Å². The summed E-state index contributed by atoms with van der Waals surface area (Å²) in [5.74, 6) is 0. The van der Waals surface area contributed by atoms with Crippen LogP contribution in [0.2, 0.25) is 0 Å². The van der Waals surface area contributed by atoms with Gasteiger partial charge in [-0.2, -0.15) is 18.3 Å². The van der Waals surface area contributed by atoms with Crippen molar-refractivity contribution in [3.63, 3.8) is 0 Å². The molecule has 4 aromatic rings. The second kappa shape index (κ2) is 8.76. The van der Waals surface area contributed by atoms with Gasteiger partial charge in [0.25, 0.3) is 5.56 Å². The van der Waals surface area contributed by atoms with Crippen LogP contribution in [0.3, 0.4) is 0 Å². The maximum Gasteiger partial charge on any atom is 0.416 e. The molecule has 0 aliphatic rings. The number of aryl methyl sites for hydroxylation is 1. The van der Waals surface area contributed by atoms with Crippen molar-refractivity contribution >= 4 is 11.0 Å². The number of fused-ring (bicyclic) bond motifs is 1. The normalized spacial score (nSPS) is 12.0. The van der Waals surface area contributed by atoms with E-state index in [9.17, 15) is 22.8 Å².